The molecule has 0 aliphatic carbocycles. The molecule has 1 unspecified atom stereocenters. The van der Waals surface area contributed by atoms with Crippen LogP contribution < -0.4 is 0 Å². The van der Waals surface area contributed by atoms with Gasteiger partial charge in [0.2, 0.25) is 5.78 Å². The predicted octanol–water partition coefficient (Wildman–Crippen LogP) is 5.88. The smallest absolute Gasteiger partial charge is 0.340 e. The van der Waals surface area contributed by atoms with Gasteiger partial charge >= 0.3 is 5.97 Å². The van der Waals surface area contributed by atoms with Crippen LogP contribution >= 0.6 is 27.5 Å². The lowest BCUT2D eigenvalue weighted by Gasteiger charge is -2.18. The van der Waals surface area contributed by atoms with Crippen molar-refractivity contribution in [3.05, 3.63) is 105 Å². The molecular weight excluding hydrogens is 416 g/mol. The SMILES string of the molecule is O=C(OC(C(=O)c1ccccc1)c1ccc(Cl)cc1)c1ccccc1Br. The van der Waals surface area contributed by atoms with Crippen molar-refractivity contribution in [3.63, 3.8) is 0 Å². The number of carbonyl (C=O) groups excluding carboxylic acids is 2. The van der Waals surface area contributed by atoms with Gasteiger partial charge in [0.15, 0.2) is 6.10 Å². The van der Waals surface area contributed by atoms with Crippen molar-refractivity contribution in [3.8, 4) is 0 Å². The third-order valence-electron chi connectivity index (χ3n) is 3.79. The minimum atomic E-state index is -1.06. The van der Waals surface area contributed by atoms with E-state index in [-0.39, 0.29) is 5.78 Å². The van der Waals surface area contributed by atoms with E-state index in [1.807, 2.05) is 6.07 Å². The van der Waals surface area contributed by atoms with Crippen LogP contribution in [0.4, 0.5) is 0 Å². The summed E-state index contributed by atoms with van der Waals surface area (Å²) in [6.07, 6.45) is -1.06. The van der Waals surface area contributed by atoms with Crippen molar-refractivity contribution in [1.29, 1.82) is 0 Å². The molecule has 0 saturated heterocycles. The second-order valence-corrected chi connectivity index (χ2v) is 6.84. The number of Topliss-reactive ketones (excluding diaryl/α,β-unsaturated/α-hetero) is 1. The zero-order valence-electron chi connectivity index (χ0n) is 13.6. The minimum Gasteiger partial charge on any atom is -0.445 e. The van der Waals surface area contributed by atoms with E-state index < -0.39 is 12.1 Å². The van der Waals surface area contributed by atoms with Crippen molar-refractivity contribution >= 4 is 39.3 Å². The highest BCUT2D eigenvalue weighted by molar-refractivity contribution is 9.10. The second-order valence-electron chi connectivity index (χ2n) is 5.55. The van der Waals surface area contributed by atoms with E-state index in [1.54, 1.807) is 72.8 Å². The Morgan fingerprint density at radius 2 is 1.46 bits per heavy atom. The summed E-state index contributed by atoms with van der Waals surface area (Å²) in [6, 6.07) is 22.3. The highest BCUT2D eigenvalue weighted by atomic mass is 79.9. The number of ketones is 1. The lowest BCUT2D eigenvalue weighted by atomic mass is 9.99. The van der Waals surface area contributed by atoms with Gasteiger partial charge in [-0.3, -0.25) is 4.79 Å². The Hall–Kier alpha value is -2.43. The van der Waals surface area contributed by atoms with Gasteiger partial charge in [-0.05, 0) is 40.2 Å². The Morgan fingerprint density at radius 1 is 0.846 bits per heavy atom. The molecule has 3 aromatic rings. The van der Waals surface area contributed by atoms with E-state index >= 15 is 0 Å². The van der Waals surface area contributed by atoms with Gasteiger partial charge < -0.3 is 4.74 Å². The molecule has 0 aromatic heterocycles. The summed E-state index contributed by atoms with van der Waals surface area (Å²) in [6.45, 7) is 0. The summed E-state index contributed by atoms with van der Waals surface area (Å²) in [5.41, 5.74) is 1.38. The van der Waals surface area contributed by atoms with Crippen molar-refractivity contribution in [2.75, 3.05) is 0 Å². The topological polar surface area (TPSA) is 43.4 Å². The minimum absolute atomic E-state index is 0.298. The fourth-order valence-electron chi connectivity index (χ4n) is 2.46. The van der Waals surface area contributed by atoms with Crippen LogP contribution in [0, 0.1) is 0 Å². The zero-order valence-corrected chi connectivity index (χ0v) is 15.9. The first kappa shape index (κ1) is 18.4. The predicted molar refractivity (Wildman–Crippen MR) is 105 cm³/mol. The van der Waals surface area contributed by atoms with Crippen molar-refractivity contribution in [2.45, 2.75) is 6.10 Å². The number of ether oxygens (including phenoxy) is 1. The van der Waals surface area contributed by atoms with Crippen LogP contribution in [0.1, 0.15) is 32.4 Å². The number of carbonyl (C=O) groups is 2. The number of halogens is 2. The van der Waals surface area contributed by atoms with Gasteiger partial charge in [0, 0.05) is 20.6 Å². The first-order chi connectivity index (χ1) is 12.6. The molecule has 0 heterocycles. The average molecular weight is 430 g/mol. The molecule has 0 spiro atoms. The second kappa shape index (κ2) is 8.30. The number of benzene rings is 3. The van der Waals surface area contributed by atoms with Gasteiger partial charge in [0.1, 0.15) is 0 Å². The third-order valence-corrected chi connectivity index (χ3v) is 4.73. The zero-order chi connectivity index (χ0) is 18.5. The maximum Gasteiger partial charge on any atom is 0.340 e. The standard InChI is InChI=1S/C21H14BrClO3/c22-18-9-5-4-8-17(18)21(25)26-20(15-10-12-16(23)13-11-15)19(24)14-6-2-1-3-7-14/h1-13,20H. The van der Waals surface area contributed by atoms with E-state index in [0.717, 1.165) is 0 Å². The van der Waals surface area contributed by atoms with Crippen molar-refractivity contribution in [2.24, 2.45) is 0 Å². The molecule has 0 amide bonds. The number of esters is 1. The molecule has 3 aromatic carbocycles. The molecule has 26 heavy (non-hydrogen) atoms. The van der Waals surface area contributed by atoms with Crippen LogP contribution in [0.5, 0.6) is 0 Å². The Bertz CT molecular complexity index is 924. The lowest BCUT2D eigenvalue weighted by molar-refractivity contribution is 0.0279. The lowest BCUT2D eigenvalue weighted by Crippen LogP contribution is -2.20. The monoisotopic (exact) mass is 428 g/mol. The average Bonchev–Trinajstić information content (AvgIpc) is 2.67. The molecule has 0 saturated carbocycles. The third kappa shape index (κ3) is 4.21. The van der Waals surface area contributed by atoms with Crippen LogP contribution in [0.25, 0.3) is 0 Å². The molecule has 0 N–H and O–H groups in total. The van der Waals surface area contributed by atoms with Crippen LogP contribution in [0.2, 0.25) is 5.02 Å². The van der Waals surface area contributed by atoms with Gasteiger partial charge in [0.25, 0.3) is 0 Å². The summed E-state index contributed by atoms with van der Waals surface area (Å²) in [5, 5.41) is 0.539. The quantitative estimate of drug-likeness (QED) is 0.375. The molecule has 130 valence electrons. The summed E-state index contributed by atoms with van der Waals surface area (Å²) in [7, 11) is 0. The largest absolute Gasteiger partial charge is 0.445 e. The van der Waals surface area contributed by atoms with Crippen LogP contribution in [-0.2, 0) is 4.74 Å². The summed E-state index contributed by atoms with van der Waals surface area (Å²) in [5.74, 6) is -0.880. The summed E-state index contributed by atoms with van der Waals surface area (Å²) < 4.78 is 6.20. The van der Waals surface area contributed by atoms with E-state index in [1.165, 1.54) is 0 Å². The number of rotatable bonds is 5. The first-order valence-corrected chi connectivity index (χ1v) is 9.03. The fraction of sp³-hybridized carbons (Fsp3) is 0.0476. The normalized spacial score (nSPS) is 11.6. The van der Waals surface area contributed by atoms with Crippen LogP contribution in [-0.4, -0.2) is 11.8 Å². The van der Waals surface area contributed by atoms with Gasteiger partial charge in [0.05, 0.1) is 5.56 Å². The molecule has 0 aliphatic rings. The fourth-order valence-corrected chi connectivity index (χ4v) is 3.03. The van der Waals surface area contributed by atoms with Crippen LogP contribution in [0.15, 0.2) is 83.3 Å². The highest BCUT2D eigenvalue weighted by Crippen LogP contribution is 2.27. The van der Waals surface area contributed by atoms with E-state index in [4.69, 9.17) is 16.3 Å². The van der Waals surface area contributed by atoms with Crippen molar-refractivity contribution in [1.82, 2.24) is 0 Å². The van der Waals surface area contributed by atoms with Crippen LogP contribution in [0.3, 0.4) is 0 Å². The van der Waals surface area contributed by atoms with Gasteiger partial charge in [-0.1, -0.05) is 66.2 Å². The molecule has 1 atom stereocenters. The highest BCUT2D eigenvalue weighted by Gasteiger charge is 2.27. The first-order valence-electron chi connectivity index (χ1n) is 7.86. The van der Waals surface area contributed by atoms with E-state index in [2.05, 4.69) is 15.9 Å². The number of hydrogen-bond acceptors (Lipinski definition) is 3. The van der Waals surface area contributed by atoms with Gasteiger partial charge in [-0.2, -0.15) is 0 Å². The summed E-state index contributed by atoms with van der Waals surface area (Å²) in [4.78, 5) is 25.6. The van der Waals surface area contributed by atoms with E-state index in [9.17, 15) is 9.59 Å². The van der Waals surface area contributed by atoms with Gasteiger partial charge in [-0.15, -0.1) is 0 Å². The Labute approximate surface area is 164 Å². The molecule has 5 heteroatoms. The Balaban J connectivity index is 1.95. The molecule has 0 radical (unpaired) electrons. The van der Waals surface area contributed by atoms with Gasteiger partial charge in [-0.25, -0.2) is 4.79 Å². The molecular formula is C21H14BrClO3. The maximum atomic E-state index is 13.0. The molecule has 0 bridgehead atoms. The van der Waals surface area contributed by atoms with Crippen molar-refractivity contribution < 1.29 is 14.3 Å². The molecule has 0 aliphatic heterocycles. The maximum absolute atomic E-state index is 13.0. The number of hydrogen-bond donors (Lipinski definition) is 0. The Morgan fingerprint density at radius 3 is 2.12 bits per heavy atom. The summed E-state index contributed by atoms with van der Waals surface area (Å²) >= 11 is 9.27. The van der Waals surface area contributed by atoms with E-state index in [0.29, 0.717) is 26.2 Å². The molecule has 0 fully saturated rings. The molecule has 3 nitrogen and oxygen atoms in total. The molecule has 3 rings (SSSR count). The Kier molecular flexibility index (Phi) is 5.86.